The molecule has 21 heavy (non-hydrogen) atoms. The number of benzene rings is 1. The number of carbonyl (C=O) groups excluding carboxylic acids is 1. The van der Waals surface area contributed by atoms with E-state index in [2.05, 4.69) is 6.08 Å². The molecule has 4 nitrogen and oxygen atoms in total. The van der Waals surface area contributed by atoms with Crippen molar-refractivity contribution in [2.45, 2.75) is 26.2 Å². The third-order valence-electron chi connectivity index (χ3n) is 3.79. The van der Waals surface area contributed by atoms with E-state index in [4.69, 9.17) is 14.2 Å². The second-order valence-electron chi connectivity index (χ2n) is 5.02. The first kappa shape index (κ1) is 15.4. The SMILES string of the molecule is CCOC(=O)C1CC=C(c2ccc(OC)cc2OC)CC1. The summed E-state index contributed by atoms with van der Waals surface area (Å²) >= 11 is 0. The van der Waals surface area contributed by atoms with Gasteiger partial charge in [0.05, 0.1) is 26.7 Å². The average molecular weight is 290 g/mol. The molecule has 0 bridgehead atoms. The maximum Gasteiger partial charge on any atom is 0.309 e. The Kier molecular flexibility index (Phi) is 5.26. The molecule has 2 rings (SSSR count). The second-order valence-corrected chi connectivity index (χ2v) is 5.02. The van der Waals surface area contributed by atoms with Crippen molar-refractivity contribution >= 4 is 11.5 Å². The topological polar surface area (TPSA) is 44.8 Å². The van der Waals surface area contributed by atoms with Gasteiger partial charge in [-0.1, -0.05) is 6.08 Å². The second kappa shape index (κ2) is 7.16. The first-order valence-electron chi connectivity index (χ1n) is 7.27. The molecule has 0 spiro atoms. The van der Waals surface area contributed by atoms with Crippen molar-refractivity contribution in [3.63, 3.8) is 0 Å². The Balaban J connectivity index is 2.15. The minimum atomic E-state index is -0.0884. The maximum atomic E-state index is 11.8. The van der Waals surface area contributed by atoms with Crippen LogP contribution in [0, 0.1) is 5.92 Å². The molecule has 0 saturated carbocycles. The van der Waals surface area contributed by atoms with Crippen LogP contribution in [0.5, 0.6) is 11.5 Å². The Morgan fingerprint density at radius 2 is 2.10 bits per heavy atom. The third-order valence-corrected chi connectivity index (χ3v) is 3.79. The number of carbonyl (C=O) groups is 1. The highest BCUT2D eigenvalue weighted by Crippen LogP contribution is 2.36. The highest BCUT2D eigenvalue weighted by Gasteiger charge is 2.24. The summed E-state index contributed by atoms with van der Waals surface area (Å²) in [5.74, 6) is 1.47. The summed E-state index contributed by atoms with van der Waals surface area (Å²) < 4.78 is 15.7. The molecule has 1 aromatic rings. The van der Waals surface area contributed by atoms with E-state index < -0.39 is 0 Å². The predicted octanol–water partition coefficient (Wildman–Crippen LogP) is 3.45. The van der Waals surface area contributed by atoms with Crippen LogP contribution in [-0.4, -0.2) is 26.8 Å². The summed E-state index contributed by atoms with van der Waals surface area (Å²) in [4.78, 5) is 11.8. The van der Waals surface area contributed by atoms with Crippen LogP contribution < -0.4 is 9.47 Å². The van der Waals surface area contributed by atoms with Gasteiger partial charge >= 0.3 is 5.97 Å². The third kappa shape index (κ3) is 3.57. The number of methoxy groups -OCH3 is 2. The average Bonchev–Trinajstić information content (AvgIpc) is 2.54. The van der Waals surface area contributed by atoms with Crippen LogP contribution in [0.15, 0.2) is 24.3 Å². The predicted molar refractivity (Wildman–Crippen MR) is 81.5 cm³/mol. The monoisotopic (exact) mass is 290 g/mol. The summed E-state index contributed by atoms with van der Waals surface area (Å²) in [6.45, 7) is 2.28. The smallest absolute Gasteiger partial charge is 0.309 e. The summed E-state index contributed by atoms with van der Waals surface area (Å²) in [6, 6.07) is 5.82. The molecule has 0 N–H and O–H groups in total. The fraction of sp³-hybridized carbons (Fsp3) is 0.471. The molecule has 0 aromatic heterocycles. The zero-order valence-corrected chi connectivity index (χ0v) is 12.8. The van der Waals surface area contributed by atoms with E-state index in [0.717, 1.165) is 36.3 Å². The van der Waals surface area contributed by atoms with Crippen LogP contribution in [0.25, 0.3) is 5.57 Å². The van der Waals surface area contributed by atoms with E-state index >= 15 is 0 Å². The largest absolute Gasteiger partial charge is 0.497 e. The van der Waals surface area contributed by atoms with Crippen LogP contribution >= 0.6 is 0 Å². The lowest BCUT2D eigenvalue weighted by atomic mass is 9.86. The van der Waals surface area contributed by atoms with Crippen LogP contribution in [0.3, 0.4) is 0 Å². The fourth-order valence-corrected chi connectivity index (χ4v) is 2.62. The highest BCUT2D eigenvalue weighted by molar-refractivity contribution is 5.77. The Bertz CT molecular complexity index is 534. The van der Waals surface area contributed by atoms with Crippen LogP contribution in [0.4, 0.5) is 0 Å². The van der Waals surface area contributed by atoms with Gasteiger partial charge in [-0.2, -0.15) is 0 Å². The zero-order valence-electron chi connectivity index (χ0n) is 12.8. The molecular weight excluding hydrogens is 268 g/mol. The van der Waals surface area contributed by atoms with Gasteiger partial charge in [0.25, 0.3) is 0 Å². The first-order chi connectivity index (χ1) is 10.2. The normalized spacial score (nSPS) is 17.9. The van der Waals surface area contributed by atoms with Crippen molar-refractivity contribution in [2.75, 3.05) is 20.8 Å². The fourth-order valence-electron chi connectivity index (χ4n) is 2.62. The molecular formula is C17H22O4. The number of hydrogen-bond donors (Lipinski definition) is 0. The first-order valence-corrected chi connectivity index (χ1v) is 7.27. The van der Waals surface area contributed by atoms with Crippen molar-refractivity contribution in [1.29, 1.82) is 0 Å². The van der Waals surface area contributed by atoms with Gasteiger partial charge in [-0.25, -0.2) is 0 Å². The lowest BCUT2D eigenvalue weighted by Crippen LogP contribution is -2.19. The molecule has 4 heteroatoms. The zero-order chi connectivity index (χ0) is 15.2. The molecule has 1 unspecified atom stereocenters. The molecule has 0 saturated heterocycles. The summed E-state index contributed by atoms with van der Waals surface area (Å²) in [7, 11) is 3.29. The molecule has 0 heterocycles. The van der Waals surface area contributed by atoms with Crippen LogP contribution in [0.2, 0.25) is 0 Å². The summed E-state index contributed by atoms with van der Waals surface area (Å²) in [5, 5.41) is 0. The summed E-state index contributed by atoms with van der Waals surface area (Å²) in [6.07, 6.45) is 4.52. The van der Waals surface area contributed by atoms with Crippen molar-refractivity contribution in [1.82, 2.24) is 0 Å². The number of ether oxygens (including phenoxy) is 3. The standard InChI is InChI=1S/C17H22O4/c1-4-21-17(18)13-7-5-12(6-8-13)15-10-9-14(19-2)11-16(15)20-3/h5,9-11,13H,4,6-8H2,1-3H3. The van der Waals surface area contributed by atoms with E-state index in [-0.39, 0.29) is 11.9 Å². The molecule has 0 amide bonds. The van der Waals surface area contributed by atoms with Gasteiger partial charge < -0.3 is 14.2 Å². The lowest BCUT2D eigenvalue weighted by Gasteiger charge is -2.22. The molecule has 1 aliphatic carbocycles. The molecule has 0 aliphatic heterocycles. The molecule has 1 aromatic carbocycles. The molecule has 1 aliphatic rings. The lowest BCUT2D eigenvalue weighted by molar-refractivity contribution is -0.148. The quantitative estimate of drug-likeness (QED) is 0.779. The van der Waals surface area contributed by atoms with Gasteiger partial charge in [-0.3, -0.25) is 4.79 Å². The van der Waals surface area contributed by atoms with Crippen molar-refractivity contribution in [3.8, 4) is 11.5 Å². The van der Waals surface area contributed by atoms with Gasteiger partial charge in [0.1, 0.15) is 11.5 Å². The van der Waals surface area contributed by atoms with Gasteiger partial charge in [-0.05, 0) is 43.9 Å². The highest BCUT2D eigenvalue weighted by atomic mass is 16.5. The Morgan fingerprint density at radius 3 is 2.67 bits per heavy atom. The van der Waals surface area contributed by atoms with E-state index in [1.165, 1.54) is 5.57 Å². The Hall–Kier alpha value is -1.97. The maximum absolute atomic E-state index is 11.8. The number of allylic oxidation sites excluding steroid dienone is 2. The van der Waals surface area contributed by atoms with Crippen LogP contribution in [-0.2, 0) is 9.53 Å². The van der Waals surface area contributed by atoms with E-state index in [0.29, 0.717) is 6.61 Å². The van der Waals surface area contributed by atoms with Crippen molar-refractivity contribution in [2.24, 2.45) is 5.92 Å². The van der Waals surface area contributed by atoms with Gasteiger partial charge in [0.2, 0.25) is 0 Å². The number of hydrogen-bond acceptors (Lipinski definition) is 4. The van der Waals surface area contributed by atoms with Crippen molar-refractivity contribution < 1.29 is 19.0 Å². The minimum Gasteiger partial charge on any atom is -0.497 e. The van der Waals surface area contributed by atoms with Gasteiger partial charge in [-0.15, -0.1) is 0 Å². The summed E-state index contributed by atoms with van der Waals surface area (Å²) in [5.41, 5.74) is 2.29. The Morgan fingerprint density at radius 1 is 1.29 bits per heavy atom. The van der Waals surface area contributed by atoms with E-state index in [1.807, 2.05) is 25.1 Å². The molecule has 1 atom stereocenters. The molecule has 114 valence electrons. The van der Waals surface area contributed by atoms with E-state index in [1.54, 1.807) is 14.2 Å². The Labute approximate surface area is 125 Å². The van der Waals surface area contributed by atoms with Gasteiger partial charge in [0.15, 0.2) is 0 Å². The van der Waals surface area contributed by atoms with E-state index in [9.17, 15) is 4.79 Å². The molecule has 0 fully saturated rings. The van der Waals surface area contributed by atoms with Crippen molar-refractivity contribution in [3.05, 3.63) is 29.8 Å². The van der Waals surface area contributed by atoms with Gasteiger partial charge in [0, 0.05) is 11.6 Å². The molecule has 0 radical (unpaired) electrons. The van der Waals surface area contributed by atoms with Crippen LogP contribution in [0.1, 0.15) is 31.7 Å². The minimum absolute atomic E-state index is 0.0158. The number of rotatable bonds is 5. The number of esters is 1.